The molecule has 0 aromatic carbocycles. The van der Waals surface area contributed by atoms with Crippen LogP contribution in [0.1, 0.15) is 129 Å². The van der Waals surface area contributed by atoms with E-state index in [2.05, 4.69) is 31.3 Å². The number of quaternary nitrogens is 1. The van der Waals surface area contributed by atoms with Gasteiger partial charge in [-0.3, -0.25) is 18.6 Å². The van der Waals surface area contributed by atoms with Crippen LogP contribution in [0.5, 0.6) is 0 Å². The van der Waals surface area contributed by atoms with Crippen molar-refractivity contribution in [2.75, 3.05) is 40.9 Å². The average Bonchev–Trinajstić information content (AvgIpc) is 3.37. The minimum Gasteiger partial charge on any atom is -0.392 e. The lowest BCUT2D eigenvalue weighted by molar-refractivity contribution is -0.870. The van der Waals surface area contributed by atoms with Crippen LogP contribution in [0.15, 0.2) is 48.6 Å². The highest BCUT2D eigenvalue weighted by atomic mass is 31.2. The number of phosphoric acid groups is 1. The number of carbonyl (C=O) groups is 2. The molecular formula is C42H76N2O9P+. The molecule has 11 nitrogen and oxygen atoms in total. The van der Waals surface area contributed by atoms with Crippen molar-refractivity contribution >= 4 is 19.5 Å². The summed E-state index contributed by atoms with van der Waals surface area (Å²) in [5.41, 5.74) is 0. The molecule has 1 saturated carbocycles. The van der Waals surface area contributed by atoms with Gasteiger partial charge in [0, 0.05) is 24.7 Å². The number of rotatable bonds is 32. The molecule has 0 bridgehead atoms. The van der Waals surface area contributed by atoms with Gasteiger partial charge in [-0.2, -0.15) is 0 Å². The molecule has 0 aromatic rings. The quantitative estimate of drug-likeness (QED) is 0.0201. The zero-order chi connectivity index (χ0) is 40.2. The number of phosphoric ester groups is 1. The number of unbranched alkanes of at least 4 members (excludes halogenated alkanes) is 10. The largest absolute Gasteiger partial charge is 0.472 e. The lowest BCUT2D eigenvalue weighted by atomic mass is 9.90. The van der Waals surface area contributed by atoms with Crippen molar-refractivity contribution in [2.45, 2.75) is 154 Å². The summed E-state index contributed by atoms with van der Waals surface area (Å²) in [4.78, 5) is 35.7. The van der Waals surface area contributed by atoms with Crippen molar-refractivity contribution < 1.29 is 47.9 Å². The first kappa shape index (κ1) is 50.1. The first-order chi connectivity index (χ1) is 25.7. The molecule has 1 aliphatic carbocycles. The molecule has 1 fully saturated rings. The highest BCUT2D eigenvalue weighted by molar-refractivity contribution is 7.47. The van der Waals surface area contributed by atoms with Gasteiger partial charge in [-0.15, -0.1) is 0 Å². The van der Waals surface area contributed by atoms with Crippen LogP contribution >= 0.6 is 7.82 Å². The summed E-state index contributed by atoms with van der Waals surface area (Å²) in [7, 11) is 1.38. The van der Waals surface area contributed by atoms with Crippen molar-refractivity contribution in [2.24, 2.45) is 11.8 Å². The third-order valence-corrected chi connectivity index (χ3v) is 10.6. The minimum absolute atomic E-state index is 0.00622. The fourth-order valence-corrected chi connectivity index (χ4v) is 6.95. The van der Waals surface area contributed by atoms with E-state index in [1.165, 1.54) is 38.5 Å². The fourth-order valence-electron chi connectivity index (χ4n) is 6.21. The van der Waals surface area contributed by atoms with Gasteiger partial charge in [0.15, 0.2) is 0 Å². The van der Waals surface area contributed by atoms with Gasteiger partial charge in [-0.05, 0) is 51.4 Å². The average molecular weight is 784 g/mol. The van der Waals surface area contributed by atoms with E-state index in [1.54, 1.807) is 18.2 Å². The lowest BCUT2D eigenvalue weighted by Crippen LogP contribution is -2.45. The molecule has 1 amide bonds. The second kappa shape index (κ2) is 29.3. The van der Waals surface area contributed by atoms with Gasteiger partial charge in [0.1, 0.15) is 18.9 Å². The van der Waals surface area contributed by atoms with Crippen LogP contribution in [0.2, 0.25) is 0 Å². The Morgan fingerprint density at radius 1 is 0.870 bits per heavy atom. The Morgan fingerprint density at radius 3 is 2.22 bits per heavy atom. The standard InChI is InChI=1S/C42H75N2O9P/c1-6-8-10-11-12-13-14-15-16-17-18-23-27-39(46)38(34-53-54(50,51)52-32-31-44(3,4)5)43-42(49)28-24-20-19-22-26-36-37(41(48)33-40(36)47)30-29-35(45)25-21-9-7-2/h15-16,19,22-23,27,29-30,35-40,45-47H,6-14,17-18,20-21,24-26,28,31-34H2,1-5H3,(H-,43,49,50,51)/p+1/b16-15-,22-19-,27-23+,30-29+/t35-,36+,37+,38-,39+,40-/m0/s1. The Hall–Kier alpha value is -1.95. The molecule has 1 unspecified atom stereocenters. The molecule has 5 N–H and O–H groups in total. The van der Waals surface area contributed by atoms with E-state index in [0.29, 0.717) is 43.1 Å². The molecule has 0 aromatic heterocycles. The highest BCUT2D eigenvalue weighted by Crippen LogP contribution is 2.43. The van der Waals surface area contributed by atoms with Crippen LogP contribution in [0, 0.1) is 11.8 Å². The number of hydrogen-bond donors (Lipinski definition) is 5. The van der Waals surface area contributed by atoms with Gasteiger partial charge >= 0.3 is 7.82 Å². The zero-order valence-corrected chi connectivity index (χ0v) is 35.1. The number of likely N-dealkylation sites (N-methyl/N-ethyl adjacent to an activating group) is 1. The smallest absolute Gasteiger partial charge is 0.392 e. The van der Waals surface area contributed by atoms with Gasteiger partial charge in [-0.1, -0.05) is 114 Å². The summed E-state index contributed by atoms with van der Waals surface area (Å²) in [6, 6.07) is -0.966. The molecule has 0 saturated heterocycles. The number of nitrogens with one attached hydrogen (secondary N) is 1. The van der Waals surface area contributed by atoms with E-state index in [1.807, 2.05) is 39.4 Å². The number of allylic oxidation sites excluding steroid dienone is 6. The minimum atomic E-state index is -4.42. The monoisotopic (exact) mass is 784 g/mol. The summed E-state index contributed by atoms with van der Waals surface area (Å²) >= 11 is 0. The number of Topliss-reactive ketones (excluding diaryl/α,β-unsaturated/α-hetero) is 1. The molecule has 0 aliphatic heterocycles. The number of carbonyl (C=O) groups excluding carboxylic acids is 2. The Balaban J connectivity index is 2.65. The number of amides is 1. The van der Waals surface area contributed by atoms with Crippen molar-refractivity contribution in [1.29, 1.82) is 0 Å². The third kappa shape index (κ3) is 25.3. The fraction of sp³-hybridized carbons (Fsp3) is 0.762. The molecule has 0 spiro atoms. The molecule has 1 rings (SSSR count). The van der Waals surface area contributed by atoms with E-state index in [0.717, 1.165) is 32.1 Å². The maximum absolute atomic E-state index is 12.9. The van der Waals surface area contributed by atoms with E-state index < -0.39 is 44.7 Å². The van der Waals surface area contributed by atoms with Crippen molar-refractivity contribution in [1.82, 2.24) is 5.32 Å². The van der Waals surface area contributed by atoms with E-state index in [4.69, 9.17) is 9.05 Å². The molecular weight excluding hydrogens is 707 g/mol. The summed E-state index contributed by atoms with van der Waals surface area (Å²) in [5.74, 6) is -1.04. The van der Waals surface area contributed by atoms with Crippen molar-refractivity contribution in [3.63, 3.8) is 0 Å². The molecule has 0 radical (unpaired) electrons. The van der Waals surface area contributed by atoms with Gasteiger partial charge in [0.2, 0.25) is 5.91 Å². The predicted molar refractivity (Wildman–Crippen MR) is 218 cm³/mol. The molecule has 54 heavy (non-hydrogen) atoms. The summed E-state index contributed by atoms with van der Waals surface area (Å²) < 4.78 is 23.4. The van der Waals surface area contributed by atoms with Crippen molar-refractivity contribution in [3.05, 3.63) is 48.6 Å². The van der Waals surface area contributed by atoms with Crippen molar-refractivity contribution in [3.8, 4) is 0 Å². The van der Waals surface area contributed by atoms with E-state index in [-0.39, 0.29) is 37.1 Å². The second-order valence-corrected chi connectivity index (χ2v) is 17.2. The maximum Gasteiger partial charge on any atom is 0.472 e. The summed E-state index contributed by atoms with van der Waals surface area (Å²) in [6.07, 6.45) is 28.3. The van der Waals surface area contributed by atoms with E-state index >= 15 is 0 Å². The SMILES string of the molecule is CCCCCCCC/C=C\CC/C=C/[C@@H](O)[C@H](COP(=O)(O)OCC[N+](C)(C)C)NC(=O)CCC/C=C\C[C@H]1[C@@H](O)CC(=O)[C@@H]1/C=C/[C@@H](O)CCCCC. The van der Waals surface area contributed by atoms with Crippen LogP contribution < -0.4 is 5.32 Å². The van der Waals surface area contributed by atoms with Gasteiger partial charge in [0.25, 0.3) is 0 Å². The number of aliphatic hydroxyl groups is 3. The normalized spacial score (nSPS) is 21.1. The predicted octanol–water partition coefficient (Wildman–Crippen LogP) is 7.50. The first-order valence-electron chi connectivity index (χ1n) is 20.6. The second-order valence-electron chi connectivity index (χ2n) is 15.8. The number of nitrogens with zero attached hydrogens (tertiary/aromatic N) is 1. The first-order valence-corrected chi connectivity index (χ1v) is 22.1. The van der Waals surface area contributed by atoms with Crippen LogP contribution in [0.3, 0.4) is 0 Å². The van der Waals surface area contributed by atoms with Crippen LogP contribution in [0.25, 0.3) is 0 Å². The Morgan fingerprint density at radius 2 is 1.50 bits per heavy atom. The summed E-state index contributed by atoms with van der Waals surface area (Å²) in [6.45, 7) is 4.40. The van der Waals surface area contributed by atoms with Crippen LogP contribution in [-0.4, -0.2) is 102 Å². The Bertz CT molecular complexity index is 1180. The summed E-state index contributed by atoms with van der Waals surface area (Å²) in [5, 5.41) is 34.4. The highest BCUT2D eigenvalue weighted by Gasteiger charge is 2.39. The number of aliphatic hydroxyl groups excluding tert-OH is 3. The number of ketones is 1. The Kier molecular flexibility index (Phi) is 27.2. The topological polar surface area (TPSA) is 163 Å². The van der Waals surface area contributed by atoms with Gasteiger partial charge in [-0.25, -0.2) is 4.57 Å². The molecule has 0 heterocycles. The molecule has 1 aliphatic rings. The zero-order valence-electron chi connectivity index (χ0n) is 34.2. The van der Waals surface area contributed by atoms with Crippen LogP contribution in [0.4, 0.5) is 0 Å². The third-order valence-electron chi connectivity index (χ3n) is 9.65. The molecule has 12 heteroatoms. The lowest BCUT2D eigenvalue weighted by Gasteiger charge is -2.25. The Labute approximate surface area is 327 Å². The van der Waals surface area contributed by atoms with Gasteiger partial charge < -0.3 is 30.0 Å². The van der Waals surface area contributed by atoms with Crippen LogP contribution in [-0.2, 0) is 23.2 Å². The number of hydrogen-bond acceptors (Lipinski definition) is 8. The van der Waals surface area contributed by atoms with Gasteiger partial charge in [0.05, 0.1) is 52.1 Å². The molecule has 7 atom stereocenters. The maximum atomic E-state index is 12.9. The molecule has 312 valence electrons. The van der Waals surface area contributed by atoms with E-state index in [9.17, 15) is 34.4 Å².